The highest BCUT2D eigenvalue weighted by atomic mass is 16.5. The summed E-state index contributed by atoms with van der Waals surface area (Å²) in [5, 5.41) is 0.872. The number of fused-ring (bicyclic) bond motifs is 1. The van der Waals surface area contributed by atoms with Gasteiger partial charge < -0.3 is 18.9 Å². The fourth-order valence-electron chi connectivity index (χ4n) is 3.33. The summed E-state index contributed by atoms with van der Waals surface area (Å²) in [4.78, 5) is 30.5. The molecule has 156 valence electrons. The van der Waals surface area contributed by atoms with E-state index in [-0.39, 0.29) is 29.5 Å². The maximum Gasteiger partial charge on any atom is 0.344 e. The van der Waals surface area contributed by atoms with Crippen molar-refractivity contribution in [3.8, 4) is 17.4 Å². The Labute approximate surface area is 174 Å². The van der Waals surface area contributed by atoms with Crippen LogP contribution in [0.4, 0.5) is 0 Å². The zero-order valence-corrected chi connectivity index (χ0v) is 17.6. The SMILES string of the molecule is CCOC(=O)c1c(OC)nc(C(=O)c2cc(C)cc(OC)c2)c2cccc(OC)c12. The Morgan fingerprint density at radius 2 is 1.77 bits per heavy atom. The number of carbonyl (C=O) groups is 2. The number of nitrogens with zero attached hydrogens (tertiary/aromatic N) is 1. The van der Waals surface area contributed by atoms with Gasteiger partial charge in [-0.05, 0) is 43.7 Å². The summed E-state index contributed by atoms with van der Waals surface area (Å²) in [7, 11) is 4.42. The second-order valence-corrected chi connectivity index (χ2v) is 6.52. The van der Waals surface area contributed by atoms with E-state index in [1.165, 1.54) is 14.2 Å². The zero-order chi connectivity index (χ0) is 21.8. The van der Waals surface area contributed by atoms with Gasteiger partial charge >= 0.3 is 5.97 Å². The Bertz CT molecular complexity index is 1120. The van der Waals surface area contributed by atoms with Gasteiger partial charge in [-0.1, -0.05) is 12.1 Å². The van der Waals surface area contributed by atoms with Crippen LogP contribution in [0.5, 0.6) is 17.4 Å². The van der Waals surface area contributed by atoms with E-state index >= 15 is 0 Å². The molecule has 0 amide bonds. The third-order valence-corrected chi connectivity index (χ3v) is 4.62. The molecule has 2 aromatic carbocycles. The molecule has 0 aliphatic rings. The zero-order valence-electron chi connectivity index (χ0n) is 17.6. The van der Waals surface area contributed by atoms with Gasteiger partial charge in [0.2, 0.25) is 11.7 Å². The van der Waals surface area contributed by atoms with E-state index < -0.39 is 5.97 Å². The summed E-state index contributed by atoms with van der Waals surface area (Å²) in [5.74, 6) is 0.0347. The summed E-state index contributed by atoms with van der Waals surface area (Å²) in [6, 6.07) is 10.4. The summed E-state index contributed by atoms with van der Waals surface area (Å²) < 4.78 is 21.3. The third kappa shape index (κ3) is 3.78. The van der Waals surface area contributed by atoms with Gasteiger partial charge in [-0.15, -0.1) is 0 Å². The van der Waals surface area contributed by atoms with Gasteiger partial charge in [0.25, 0.3) is 0 Å². The van der Waals surface area contributed by atoms with Crippen molar-refractivity contribution in [1.82, 2.24) is 4.98 Å². The van der Waals surface area contributed by atoms with Crippen molar-refractivity contribution in [3.63, 3.8) is 0 Å². The number of rotatable bonds is 7. The minimum absolute atomic E-state index is 0.00609. The van der Waals surface area contributed by atoms with Crippen LogP contribution in [-0.4, -0.2) is 44.7 Å². The van der Waals surface area contributed by atoms with Gasteiger partial charge in [0.05, 0.1) is 27.9 Å². The lowest BCUT2D eigenvalue weighted by Crippen LogP contribution is -2.14. The van der Waals surface area contributed by atoms with Crippen LogP contribution in [0.1, 0.15) is 38.9 Å². The standard InChI is InChI=1S/C23H23NO6/c1-6-30-23(26)19-18-16(8-7-9-17(18)28-4)20(24-22(19)29-5)21(25)14-10-13(2)11-15(12-14)27-3/h7-12H,6H2,1-5H3. The summed E-state index contributed by atoms with van der Waals surface area (Å²) in [6.45, 7) is 3.76. The fourth-order valence-corrected chi connectivity index (χ4v) is 3.33. The minimum atomic E-state index is -0.604. The molecule has 0 N–H and O–H groups in total. The monoisotopic (exact) mass is 409 g/mol. The molecular weight excluding hydrogens is 386 g/mol. The number of hydrogen-bond donors (Lipinski definition) is 0. The molecule has 0 saturated heterocycles. The Kier molecular flexibility index (Phi) is 6.20. The van der Waals surface area contributed by atoms with E-state index in [4.69, 9.17) is 18.9 Å². The van der Waals surface area contributed by atoms with Crippen molar-refractivity contribution in [2.75, 3.05) is 27.9 Å². The maximum absolute atomic E-state index is 13.4. The third-order valence-electron chi connectivity index (χ3n) is 4.62. The second kappa shape index (κ2) is 8.82. The number of carbonyl (C=O) groups excluding carboxylic acids is 2. The van der Waals surface area contributed by atoms with Gasteiger partial charge in [-0.3, -0.25) is 4.79 Å². The molecule has 1 aromatic heterocycles. The maximum atomic E-state index is 13.4. The lowest BCUT2D eigenvalue weighted by molar-refractivity contribution is 0.0523. The highest BCUT2D eigenvalue weighted by Gasteiger charge is 2.27. The highest BCUT2D eigenvalue weighted by Crippen LogP contribution is 2.36. The molecule has 0 unspecified atom stereocenters. The van der Waals surface area contributed by atoms with E-state index in [0.29, 0.717) is 27.8 Å². The van der Waals surface area contributed by atoms with E-state index in [9.17, 15) is 9.59 Å². The lowest BCUT2D eigenvalue weighted by atomic mass is 9.97. The smallest absolute Gasteiger partial charge is 0.344 e. The van der Waals surface area contributed by atoms with Crippen LogP contribution in [0.3, 0.4) is 0 Å². The molecule has 0 fully saturated rings. The first kappa shape index (κ1) is 21.1. The van der Waals surface area contributed by atoms with Gasteiger partial charge in [0.15, 0.2) is 0 Å². The second-order valence-electron chi connectivity index (χ2n) is 6.52. The molecule has 7 heteroatoms. The molecule has 1 heterocycles. The molecule has 0 aliphatic carbocycles. The van der Waals surface area contributed by atoms with E-state index in [1.54, 1.807) is 44.4 Å². The van der Waals surface area contributed by atoms with Crippen molar-refractivity contribution in [3.05, 3.63) is 58.8 Å². The van der Waals surface area contributed by atoms with Gasteiger partial charge in [-0.2, -0.15) is 0 Å². The quantitative estimate of drug-likeness (QED) is 0.431. The number of ketones is 1. The number of methoxy groups -OCH3 is 3. The Balaban J connectivity index is 2.34. The van der Waals surface area contributed by atoms with E-state index in [2.05, 4.69) is 4.98 Å². The van der Waals surface area contributed by atoms with Crippen LogP contribution in [0.15, 0.2) is 36.4 Å². The average Bonchev–Trinajstić information content (AvgIpc) is 2.76. The Morgan fingerprint density at radius 3 is 2.40 bits per heavy atom. The van der Waals surface area contributed by atoms with Gasteiger partial charge in [-0.25, -0.2) is 9.78 Å². The summed E-state index contributed by atoms with van der Waals surface area (Å²) >= 11 is 0. The molecule has 0 aliphatic heterocycles. The molecule has 7 nitrogen and oxygen atoms in total. The summed E-state index contributed by atoms with van der Waals surface area (Å²) in [6.07, 6.45) is 0. The predicted molar refractivity (Wildman–Crippen MR) is 112 cm³/mol. The molecule has 0 bridgehead atoms. The highest BCUT2D eigenvalue weighted by molar-refractivity contribution is 6.19. The number of hydrogen-bond acceptors (Lipinski definition) is 7. The molecule has 0 saturated carbocycles. The first-order chi connectivity index (χ1) is 14.4. The van der Waals surface area contributed by atoms with Crippen LogP contribution in [0.25, 0.3) is 10.8 Å². The molecule has 3 rings (SSSR count). The molecule has 0 atom stereocenters. The number of benzene rings is 2. The predicted octanol–water partition coefficient (Wildman–Crippen LogP) is 3.98. The number of esters is 1. The number of aryl methyl sites for hydroxylation is 1. The molecule has 0 radical (unpaired) electrons. The van der Waals surface area contributed by atoms with Crippen molar-refractivity contribution in [2.45, 2.75) is 13.8 Å². The number of pyridine rings is 1. The van der Waals surface area contributed by atoms with Crippen molar-refractivity contribution >= 4 is 22.5 Å². The van der Waals surface area contributed by atoms with Crippen LogP contribution in [0, 0.1) is 6.92 Å². The van der Waals surface area contributed by atoms with Crippen LogP contribution < -0.4 is 14.2 Å². The first-order valence-electron chi connectivity index (χ1n) is 9.37. The molecular formula is C23H23NO6. The summed E-state index contributed by atoms with van der Waals surface area (Å²) in [5.41, 5.74) is 1.54. The van der Waals surface area contributed by atoms with Crippen molar-refractivity contribution in [1.29, 1.82) is 0 Å². The van der Waals surface area contributed by atoms with Crippen molar-refractivity contribution < 1.29 is 28.5 Å². The van der Waals surface area contributed by atoms with Gasteiger partial charge in [0.1, 0.15) is 22.8 Å². The van der Waals surface area contributed by atoms with Crippen LogP contribution in [0.2, 0.25) is 0 Å². The van der Waals surface area contributed by atoms with E-state index in [0.717, 1.165) is 5.56 Å². The minimum Gasteiger partial charge on any atom is -0.497 e. The van der Waals surface area contributed by atoms with Gasteiger partial charge in [0, 0.05) is 16.3 Å². The average molecular weight is 409 g/mol. The van der Waals surface area contributed by atoms with Crippen LogP contribution in [-0.2, 0) is 4.74 Å². The molecule has 0 spiro atoms. The molecule has 30 heavy (non-hydrogen) atoms. The van der Waals surface area contributed by atoms with E-state index in [1.807, 2.05) is 13.0 Å². The van der Waals surface area contributed by atoms with Crippen LogP contribution >= 0.6 is 0 Å². The molecule has 3 aromatic rings. The topological polar surface area (TPSA) is 84.0 Å². The van der Waals surface area contributed by atoms with Crippen molar-refractivity contribution in [2.24, 2.45) is 0 Å². The first-order valence-corrected chi connectivity index (χ1v) is 9.37. The lowest BCUT2D eigenvalue weighted by Gasteiger charge is -2.16. The largest absolute Gasteiger partial charge is 0.497 e. The number of aromatic nitrogens is 1. The Morgan fingerprint density at radius 1 is 1.00 bits per heavy atom. The number of ether oxygens (including phenoxy) is 4. The normalized spacial score (nSPS) is 10.6. The Hall–Kier alpha value is -3.61. The fraction of sp³-hybridized carbons (Fsp3) is 0.261.